The number of carboxylic acids is 1. The number of ether oxygens (including phenoxy) is 4. The Balaban J connectivity index is 1.41. The van der Waals surface area contributed by atoms with Crippen molar-refractivity contribution >= 4 is 65.0 Å². The second-order valence-corrected chi connectivity index (χ2v) is 21.6. The lowest BCUT2D eigenvalue weighted by Crippen LogP contribution is -2.69. The fourth-order valence-electron chi connectivity index (χ4n) is 9.63. The summed E-state index contributed by atoms with van der Waals surface area (Å²) in [5, 5.41) is 114. The summed E-state index contributed by atoms with van der Waals surface area (Å²) in [4.78, 5) is 153. The topological polar surface area (TPSA) is 573 Å². The van der Waals surface area contributed by atoms with Crippen LogP contribution in [0.3, 0.4) is 0 Å². The van der Waals surface area contributed by atoms with Gasteiger partial charge in [0.05, 0.1) is 57.4 Å². The van der Waals surface area contributed by atoms with E-state index in [4.69, 9.17) is 24.7 Å². The summed E-state index contributed by atoms with van der Waals surface area (Å²) >= 11 is 0. The van der Waals surface area contributed by atoms with Crippen LogP contribution in [0, 0.1) is 5.92 Å². The molecule has 6 unspecified atom stereocenters. The maximum absolute atomic E-state index is 14.0. The van der Waals surface area contributed by atoms with Crippen molar-refractivity contribution in [3.05, 3.63) is 18.2 Å². The molecule has 0 saturated carbocycles. The average Bonchev–Trinajstić information content (AvgIpc) is 4.42. The van der Waals surface area contributed by atoms with Crippen molar-refractivity contribution in [2.24, 2.45) is 11.7 Å². The predicted molar refractivity (Wildman–Crippen MR) is 294 cm³/mol. The summed E-state index contributed by atoms with van der Waals surface area (Å²) < 4.78 is 23.0. The van der Waals surface area contributed by atoms with Crippen LogP contribution in [0.4, 0.5) is 0 Å². The van der Waals surface area contributed by atoms with Crippen molar-refractivity contribution in [3.63, 3.8) is 0 Å². The molecule has 20 atom stereocenters. The van der Waals surface area contributed by atoms with Crippen molar-refractivity contribution in [1.82, 2.24) is 62.7 Å². The number of hydrogen-bond donors (Lipinski definition) is 20. The number of aliphatic hydroxyl groups excluding tert-OH is 8. The van der Waals surface area contributed by atoms with Crippen LogP contribution >= 0.6 is 0 Å². The van der Waals surface area contributed by atoms with Crippen molar-refractivity contribution in [3.8, 4) is 0 Å². The fraction of sp³-hybridized carbons (Fsp3) is 0.725. The van der Waals surface area contributed by atoms with Crippen LogP contribution in [0.5, 0.6) is 0 Å². The van der Waals surface area contributed by atoms with Crippen LogP contribution in [0.1, 0.15) is 66.5 Å². The van der Waals surface area contributed by atoms with Gasteiger partial charge in [-0.3, -0.25) is 52.7 Å². The predicted octanol–water partition coefficient (Wildman–Crippen LogP) is -11.3. The summed E-state index contributed by atoms with van der Waals surface area (Å²) in [5.41, 5.74) is 6.47. The van der Waals surface area contributed by atoms with E-state index >= 15 is 0 Å². The number of hydrogen-bond acceptors (Lipinski definition) is 25. The maximum atomic E-state index is 14.0. The number of aromatic nitrogens is 2. The summed E-state index contributed by atoms with van der Waals surface area (Å²) in [6.45, 7) is 4.09. The van der Waals surface area contributed by atoms with Gasteiger partial charge in [-0.05, 0) is 39.5 Å². The number of likely N-dealkylation sites (tertiary alicyclic amines) is 1. The number of nitrogens with zero attached hydrogens (tertiary/aromatic N) is 2. The third-order valence-corrected chi connectivity index (χ3v) is 14.5. The first-order valence-electron chi connectivity index (χ1n) is 28.1. The number of aromatic amines is 1. The van der Waals surface area contributed by atoms with Gasteiger partial charge >= 0.3 is 5.97 Å². The quantitative estimate of drug-likeness (QED) is 0.0328. The lowest BCUT2D eigenvalue weighted by molar-refractivity contribution is -0.347. The Kier molecular flexibility index (Phi) is 28.3. The maximum Gasteiger partial charge on any atom is 0.305 e. The minimum atomic E-state index is -2.01. The minimum Gasteiger partial charge on any atom is -0.481 e. The van der Waals surface area contributed by atoms with Gasteiger partial charge in [0.25, 0.3) is 0 Å². The van der Waals surface area contributed by atoms with Crippen LogP contribution in [0.15, 0.2) is 12.5 Å². The number of rotatable bonds is 31. The van der Waals surface area contributed by atoms with E-state index in [9.17, 15) is 98.7 Å². The second-order valence-electron chi connectivity index (χ2n) is 21.6. The van der Waals surface area contributed by atoms with Crippen LogP contribution in [-0.4, -0.2) is 288 Å². The molecule has 496 valence electrons. The van der Waals surface area contributed by atoms with E-state index in [0.29, 0.717) is 5.69 Å². The Morgan fingerprint density at radius 2 is 1.36 bits per heavy atom. The van der Waals surface area contributed by atoms with Gasteiger partial charge < -0.3 is 128 Å². The highest BCUT2D eigenvalue weighted by molar-refractivity contribution is 5.99. The molecule has 21 N–H and O–H groups in total. The van der Waals surface area contributed by atoms with Crippen molar-refractivity contribution in [2.45, 2.75) is 189 Å². The molecule has 3 saturated heterocycles. The van der Waals surface area contributed by atoms with Gasteiger partial charge in [0.15, 0.2) is 12.6 Å². The number of nitrogens with one attached hydrogen (secondary N) is 10. The van der Waals surface area contributed by atoms with Gasteiger partial charge in [0, 0.05) is 38.8 Å². The molecule has 88 heavy (non-hydrogen) atoms. The Morgan fingerprint density at radius 1 is 0.750 bits per heavy atom. The van der Waals surface area contributed by atoms with Crippen LogP contribution in [0.2, 0.25) is 0 Å². The summed E-state index contributed by atoms with van der Waals surface area (Å²) in [6, 6.07) is -14.3. The van der Waals surface area contributed by atoms with E-state index in [1.807, 2.05) is 0 Å². The van der Waals surface area contributed by atoms with Crippen LogP contribution in [-0.2, 0) is 78.1 Å². The molecule has 0 bridgehead atoms. The summed E-state index contributed by atoms with van der Waals surface area (Å²) in [7, 11) is 1.15. The highest BCUT2D eigenvalue weighted by Gasteiger charge is 2.53. The van der Waals surface area contributed by atoms with Crippen molar-refractivity contribution < 1.29 is 118 Å². The summed E-state index contributed by atoms with van der Waals surface area (Å²) in [5.74, 6) is -12.1. The molecule has 4 heterocycles. The molecular weight excluding hydrogens is 1180 g/mol. The van der Waals surface area contributed by atoms with Crippen LogP contribution in [0.25, 0.3) is 0 Å². The largest absolute Gasteiger partial charge is 0.481 e. The molecule has 37 heteroatoms. The Morgan fingerprint density at radius 3 is 1.93 bits per heavy atom. The van der Waals surface area contributed by atoms with Crippen molar-refractivity contribution in [1.29, 1.82) is 0 Å². The van der Waals surface area contributed by atoms with E-state index in [-0.39, 0.29) is 25.8 Å². The first-order valence-corrected chi connectivity index (χ1v) is 28.1. The third kappa shape index (κ3) is 19.9. The molecule has 0 aliphatic carbocycles. The lowest BCUT2D eigenvalue weighted by atomic mass is 9.95. The minimum absolute atomic E-state index is 0.0471. The zero-order chi connectivity index (χ0) is 66.0. The van der Waals surface area contributed by atoms with Gasteiger partial charge in [0.1, 0.15) is 91.1 Å². The molecule has 37 nitrogen and oxygen atoms in total. The monoisotopic (exact) mass is 1260 g/mol. The molecule has 3 aliphatic rings. The molecule has 0 radical (unpaired) electrons. The number of aliphatic carboxylic acids is 1. The number of carbonyl (C=O) groups is 11. The third-order valence-electron chi connectivity index (χ3n) is 14.5. The molecule has 3 fully saturated rings. The van der Waals surface area contributed by atoms with Gasteiger partial charge in [-0.25, -0.2) is 4.98 Å². The van der Waals surface area contributed by atoms with E-state index in [1.54, 1.807) is 13.8 Å². The zero-order valence-corrected chi connectivity index (χ0v) is 49.3. The number of carboxylic acid groups (broad SMARTS) is 1. The molecule has 4 rings (SSSR count). The van der Waals surface area contributed by atoms with E-state index < -0.39 is 226 Å². The van der Waals surface area contributed by atoms with Gasteiger partial charge in [-0.1, -0.05) is 13.8 Å². The summed E-state index contributed by atoms with van der Waals surface area (Å²) in [6.07, 6.45) is -17.4. The van der Waals surface area contributed by atoms with Crippen molar-refractivity contribution in [2.75, 3.05) is 40.0 Å². The fourth-order valence-corrected chi connectivity index (χ4v) is 9.63. The number of nitrogens with two attached hydrogens (primary N) is 1. The first-order chi connectivity index (χ1) is 41.4. The standard InChI is InChI=1S/C51H83N13O24/c1-19(2)33(61-31(70)14-55-42(77)25(52)11-24-13-54-18-56-24)47(82)62-34(21(4)68)48(83)60-27(15-65)44(79)57-20(3)49(84)64-10-8-9-28(64)45(80)59-26(12-32(71)72)43(78)63-35(46(81)53-7)22(5)85-50-36(58-23(6)69)41(38(74)30(17-67)86-50)88-51-40(76)39(75)37(73)29(16-66)87-51/h13,18-22,25-30,33-41,50-51,65-68,73-76H,8-12,14-17,52H2,1-7H3,(H,53,81)(H,54,56)(H,55,77)(H,57,79)(H,58,69)(H,59,80)(H,60,83)(H,61,70)(H,62,82)(H,63,78)(H,71,72)/t20-,21?,22?,25-,26-,27-,28-,29?,30?,33-,34-,35-,36?,37-,38-,39?,40-,41+,50-,51-/m0/s1. The van der Waals surface area contributed by atoms with Gasteiger partial charge in [0.2, 0.25) is 59.1 Å². The first kappa shape index (κ1) is 73.3. The number of likely N-dealkylation sites (N-methyl/N-ethyl adjacent to an activating group) is 1. The average molecular weight is 1260 g/mol. The SMILES string of the molecule is CNC(=O)[C@@H](NC(=O)[C@H](CC(=O)O)NC(=O)[C@@H]1CCCN1C(=O)[C@H](C)NC(=O)[C@H](CO)NC(=O)[C@@H](NC(=O)[C@@H](NC(=O)CNC(=O)[C@@H](N)Cc1cnc[nH]1)C(C)C)C(C)O)C(C)O[C@H]1OC(CO)[C@H](O)[C@H](O[C@@H]2OC(CO)[C@H](O)C(O)[C@@H]2O)C1NC(C)=O. The number of amides is 10. The number of carbonyl (C=O) groups excluding carboxylic acids is 10. The van der Waals surface area contributed by atoms with Crippen LogP contribution < -0.4 is 53.6 Å². The molecule has 3 aliphatic heterocycles. The number of aliphatic hydroxyl groups is 8. The highest BCUT2D eigenvalue weighted by Crippen LogP contribution is 2.31. The number of imidazole rings is 1. The van der Waals surface area contributed by atoms with Gasteiger partial charge in [-0.15, -0.1) is 0 Å². The Bertz CT molecular complexity index is 2570. The Hall–Kier alpha value is -7.14. The molecule has 0 aromatic carbocycles. The van der Waals surface area contributed by atoms with Gasteiger partial charge in [-0.2, -0.15) is 0 Å². The smallest absolute Gasteiger partial charge is 0.305 e. The van der Waals surface area contributed by atoms with E-state index in [0.717, 1.165) is 25.8 Å². The molecular formula is C51H83N13O24. The zero-order valence-electron chi connectivity index (χ0n) is 49.3. The highest BCUT2D eigenvalue weighted by atomic mass is 16.7. The second kappa shape index (κ2) is 34.0. The molecule has 0 spiro atoms. The Labute approximate surface area is 503 Å². The molecule has 10 amide bonds. The lowest BCUT2D eigenvalue weighted by Gasteiger charge is -2.48. The molecule has 1 aromatic rings. The molecule has 1 aromatic heterocycles. The van der Waals surface area contributed by atoms with E-state index in [1.165, 1.54) is 26.4 Å². The van der Waals surface area contributed by atoms with E-state index in [2.05, 4.69) is 57.8 Å². The normalized spacial score (nSPS) is 26.6. The number of H-pyrrole nitrogens is 1.